The molecule has 0 saturated carbocycles. The lowest BCUT2D eigenvalue weighted by Crippen LogP contribution is -2.31. The van der Waals surface area contributed by atoms with E-state index in [4.69, 9.17) is 0 Å². The fourth-order valence-corrected chi connectivity index (χ4v) is 2.55. The second-order valence-electron chi connectivity index (χ2n) is 6.27. The zero-order chi connectivity index (χ0) is 19.5. The number of ether oxygens (including phenoxy) is 1. The van der Waals surface area contributed by atoms with Crippen LogP contribution >= 0.6 is 0 Å². The summed E-state index contributed by atoms with van der Waals surface area (Å²) in [6.45, 7) is 13.9. The van der Waals surface area contributed by atoms with E-state index in [9.17, 15) is 13.2 Å². The summed E-state index contributed by atoms with van der Waals surface area (Å²) in [6, 6.07) is 5.31. The van der Waals surface area contributed by atoms with Gasteiger partial charge in [-0.25, -0.2) is 0 Å². The predicted molar refractivity (Wildman–Crippen MR) is 98.9 cm³/mol. The molecule has 0 aromatic heterocycles. The first-order valence-electron chi connectivity index (χ1n) is 9.32. The number of nitrogens with zero attached hydrogens (tertiary/aromatic N) is 1. The van der Waals surface area contributed by atoms with Crippen molar-refractivity contribution in [2.24, 2.45) is 0 Å². The van der Waals surface area contributed by atoms with E-state index in [2.05, 4.69) is 30.4 Å². The van der Waals surface area contributed by atoms with E-state index in [1.54, 1.807) is 19.1 Å². The average Bonchev–Trinajstić information content (AvgIpc) is 2.53. The lowest BCUT2D eigenvalue weighted by molar-refractivity contribution is -0.274. The number of unbranched alkanes of at least 4 members (excludes halogenated alkanes) is 3. The maximum atomic E-state index is 12.3. The molecule has 0 heterocycles. The van der Waals surface area contributed by atoms with E-state index in [0.717, 1.165) is 25.1 Å². The third-order valence-electron chi connectivity index (χ3n) is 3.88. The number of hydrogen-bond acceptors (Lipinski definition) is 2. The van der Waals surface area contributed by atoms with E-state index >= 15 is 0 Å². The Labute approximate surface area is 151 Å². The quantitative estimate of drug-likeness (QED) is 0.453. The van der Waals surface area contributed by atoms with Crippen LogP contribution in [0.25, 0.3) is 0 Å². The molecular formula is C20H34F3NO. The molecule has 0 aliphatic heterocycles. The van der Waals surface area contributed by atoms with Gasteiger partial charge in [0.25, 0.3) is 0 Å². The Morgan fingerprint density at radius 1 is 1.08 bits per heavy atom. The lowest BCUT2D eigenvalue weighted by Gasteiger charge is -2.27. The molecular weight excluding hydrogens is 327 g/mol. The number of rotatable bonds is 9. The zero-order valence-electron chi connectivity index (χ0n) is 16.5. The van der Waals surface area contributed by atoms with E-state index in [1.807, 2.05) is 13.8 Å². The van der Waals surface area contributed by atoms with Gasteiger partial charge in [-0.05, 0) is 50.9 Å². The molecule has 1 aromatic carbocycles. The first-order valence-corrected chi connectivity index (χ1v) is 9.32. The highest BCUT2D eigenvalue weighted by atomic mass is 19.4. The van der Waals surface area contributed by atoms with Gasteiger partial charge >= 0.3 is 6.36 Å². The van der Waals surface area contributed by atoms with Crippen LogP contribution in [0.3, 0.4) is 0 Å². The van der Waals surface area contributed by atoms with Crippen molar-refractivity contribution in [1.82, 2.24) is 4.90 Å². The second-order valence-corrected chi connectivity index (χ2v) is 6.27. The summed E-state index contributed by atoms with van der Waals surface area (Å²) in [5, 5.41) is 0. The Hall–Kier alpha value is -1.23. The summed E-state index contributed by atoms with van der Waals surface area (Å²) in [4.78, 5) is 2.36. The number of alkyl halides is 3. The van der Waals surface area contributed by atoms with Crippen molar-refractivity contribution in [2.45, 2.75) is 86.2 Å². The first-order chi connectivity index (χ1) is 11.7. The van der Waals surface area contributed by atoms with Gasteiger partial charge in [-0.15, -0.1) is 13.2 Å². The Bertz CT molecular complexity index is 472. The largest absolute Gasteiger partial charge is 0.573 e. The molecule has 0 saturated heterocycles. The molecule has 0 atom stereocenters. The van der Waals surface area contributed by atoms with Crippen molar-refractivity contribution >= 4 is 0 Å². The molecule has 0 aliphatic rings. The highest BCUT2D eigenvalue weighted by molar-refractivity contribution is 5.36. The van der Waals surface area contributed by atoms with Crippen LogP contribution in [0, 0.1) is 6.92 Å². The highest BCUT2D eigenvalue weighted by Crippen LogP contribution is 2.27. The van der Waals surface area contributed by atoms with Gasteiger partial charge in [-0.2, -0.15) is 0 Å². The van der Waals surface area contributed by atoms with Gasteiger partial charge in [0.15, 0.2) is 0 Å². The Balaban J connectivity index is 0.00000277. The van der Waals surface area contributed by atoms with Gasteiger partial charge in [-0.1, -0.05) is 52.2 Å². The minimum Gasteiger partial charge on any atom is -0.406 e. The molecule has 2 nitrogen and oxygen atoms in total. The molecule has 5 heteroatoms. The zero-order valence-corrected chi connectivity index (χ0v) is 16.5. The SMILES string of the molecule is CC.CCCCCCN(Cc1ccc(OC(F)(F)F)c(C)c1)C(C)C. The molecule has 0 unspecified atom stereocenters. The summed E-state index contributed by atoms with van der Waals surface area (Å²) < 4.78 is 40.9. The van der Waals surface area contributed by atoms with Crippen LogP contribution in [-0.4, -0.2) is 23.8 Å². The predicted octanol–water partition coefficient (Wildman–Crippen LogP) is 6.71. The van der Waals surface area contributed by atoms with Gasteiger partial charge in [0.1, 0.15) is 5.75 Å². The standard InChI is InChI=1S/C18H28F3NO.C2H6/c1-5-6-7-8-11-22(14(2)3)13-16-9-10-17(15(4)12-16)23-18(19,20)21;1-2/h9-10,12,14H,5-8,11,13H2,1-4H3;1-2H3. The number of benzene rings is 1. The Morgan fingerprint density at radius 2 is 1.72 bits per heavy atom. The third kappa shape index (κ3) is 10.4. The molecule has 0 spiro atoms. The second kappa shape index (κ2) is 12.2. The van der Waals surface area contributed by atoms with Crippen molar-refractivity contribution in [2.75, 3.05) is 6.54 Å². The van der Waals surface area contributed by atoms with Crippen LogP contribution in [0.4, 0.5) is 13.2 Å². The van der Waals surface area contributed by atoms with E-state index in [0.29, 0.717) is 11.6 Å². The first kappa shape index (κ1) is 23.8. The topological polar surface area (TPSA) is 12.5 Å². The molecule has 0 amide bonds. The molecule has 146 valence electrons. The summed E-state index contributed by atoms with van der Waals surface area (Å²) in [5.74, 6) is -0.125. The van der Waals surface area contributed by atoms with E-state index in [-0.39, 0.29) is 5.75 Å². The van der Waals surface area contributed by atoms with Crippen LogP contribution < -0.4 is 4.74 Å². The highest BCUT2D eigenvalue weighted by Gasteiger charge is 2.31. The summed E-state index contributed by atoms with van der Waals surface area (Å²) in [6.07, 6.45) is 0.183. The van der Waals surface area contributed by atoms with Crippen LogP contribution in [-0.2, 0) is 6.54 Å². The Morgan fingerprint density at radius 3 is 2.20 bits per heavy atom. The van der Waals surface area contributed by atoms with Crippen LogP contribution in [0.15, 0.2) is 18.2 Å². The molecule has 1 rings (SSSR count). The summed E-state index contributed by atoms with van der Waals surface area (Å²) in [5.41, 5.74) is 1.52. The normalized spacial score (nSPS) is 11.5. The van der Waals surface area contributed by atoms with E-state index in [1.165, 1.54) is 25.3 Å². The molecule has 0 fully saturated rings. The fraction of sp³-hybridized carbons (Fsp3) is 0.700. The van der Waals surface area contributed by atoms with Crippen molar-refractivity contribution in [3.8, 4) is 5.75 Å². The van der Waals surface area contributed by atoms with Gasteiger partial charge in [0.2, 0.25) is 0 Å². The maximum Gasteiger partial charge on any atom is 0.573 e. The minimum absolute atomic E-state index is 0.125. The van der Waals surface area contributed by atoms with Gasteiger partial charge < -0.3 is 4.74 Å². The lowest BCUT2D eigenvalue weighted by atomic mass is 10.1. The molecule has 0 aliphatic carbocycles. The molecule has 25 heavy (non-hydrogen) atoms. The summed E-state index contributed by atoms with van der Waals surface area (Å²) in [7, 11) is 0. The number of aryl methyl sites for hydroxylation is 1. The Kier molecular flexibility index (Phi) is 11.6. The fourth-order valence-electron chi connectivity index (χ4n) is 2.55. The molecule has 0 radical (unpaired) electrons. The molecule has 0 N–H and O–H groups in total. The van der Waals surface area contributed by atoms with Gasteiger partial charge in [0, 0.05) is 12.6 Å². The number of hydrogen-bond donors (Lipinski definition) is 0. The van der Waals surface area contributed by atoms with Crippen LogP contribution in [0.1, 0.15) is 71.4 Å². The van der Waals surface area contributed by atoms with Crippen LogP contribution in [0.5, 0.6) is 5.75 Å². The van der Waals surface area contributed by atoms with Gasteiger partial charge in [0.05, 0.1) is 0 Å². The smallest absolute Gasteiger partial charge is 0.406 e. The van der Waals surface area contributed by atoms with Crippen molar-refractivity contribution in [3.63, 3.8) is 0 Å². The number of halogens is 3. The molecule has 1 aromatic rings. The monoisotopic (exact) mass is 361 g/mol. The average molecular weight is 361 g/mol. The molecule has 0 bridgehead atoms. The van der Waals surface area contributed by atoms with Crippen molar-refractivity contribution in [3.05, 3.63) is 29.3 Å². The van der Waals surface area contributed by atoms with E-state index < -0.39 is 6.36 Å². The van der Waals surface area contributed by atoms with Crippen molar-refractivity contribution < 1.29 is 17.9 Å². The van der Waals surface area contributed by atoms with Gasteiger partial charge in [-0.3, -0.25) is 4.90 Å². The maximum absolute atomic E-state index is 12.3. The minimum atomic E-state index is -4.64. The summed E-state index contributed by atoms with van der Waals surface area (Å²) >= 11 is 0. The van der Waals surface area contributed by atoms with Crippen LogP contribution in [0.2, 0.25) is 0 Å². The third-order valence-corrected chi connectivity index (χ3v) is 3.88. The van der Waals surface area contributed by atoms with Crippen molar-refractivity contribution in [1.29, 1.82) is 0 Å².